The minimum atomic E-state index is -1.09. The number of rotatable bonds is 13. The molecule has 0 atom stereocenters. The van der Waals surface area contributed by atoms with Gasteiger partial charge in [0.25, 0.3) is 0 Å². The van der Waals surface area contributed by atoms with E-state index in [0.717, 1.165) is 18.4 Å². The molecule has 0 saturated carbocycles. The van der Waals surface area contributed by atoms with Crippen molar-refractivity contribution in [1.82, 2.24) is 0 Å². The fraction of sp³-hybridized carbons (Fsp3) is 0.448. The Morgan fingerprint density at radius 3 is 1.88 bits per heavy atom. The Labute approximate surface area is 210 Å². The molecule has 2 aromatic carbocycles. The number of aryl methyl sites for hydroxylation is 2. The first-order valence-electron chi connectivity index (χ1n) is 12.4. The van der Waals surface area contributed by atoms with Crippen LogP contribution in [0.4, 0.5) is 0 Å². The van der Waals surface area contributed by atoms with Crippen LogP contribution in [0.1, 0.15) is 24.0 Å². The van der Waals surface area contributed by atoms with E-state index < -0.39 is 16.1 Å². The molecule has 0 aliphatic rings. The van der Waals surface area contributed by atoms with Gasteiger partial charge in [0.05, 0.1) is 23.3 Å². The zero-order chi connectivity index (χ0) is 25.6. The van der Waals surface area contributed by atoms with Crippen molar-refractivity contribution in [3.05, 3.63) is 78.9 Å². The first-order valence-corrected chi connectivity index (χ1v) is 19.2. The topological polar surface area (TPSA) is 49.7 Å². The van der Waals surface area contributed by atoms with Gasteiger partial charge in [-0.05, 0) is 54.3 Å². The summed E-state index contributed by atoms with van der Waals surface area (Å²) in [6.45, 7) is 17.3. The fourth-order valence-electron chi connectivity index (χ4n) is 4.11. The Kier molecular flexibility index (Phi) is 13.0. The van der Waals surface area contributed by atoms with Crippen LogP contribution >= 0.6 is 0 Å². The molecular weight excluding hydrogens is 452 g/mol. The van der Waals surface area contributed by atoms with E-state index in [1.807, 2.05) is 36.4 Å². The number of methoxy groups -OCH3 is 1. The Bertz CT molecular complexity index is 891. The first kappa shape index (κ1) is 29.8. The molecule has 2 aromatic rings. The average molecular weight is 499 g/mol. The highest BCUT2D eigenvalue weighted by molar-refractivity contribution is 6.78. The van der Waals surface area contributed by atoms with E-state index in [-0.39, 0.29) is 5.75 Å². The number of para-hydroxylation sites is 1. The summed E-state index contributed by atoms with van der Waals surface area (Å²) in [6.07, 6.45) is 8.50. The quantitative estimate of drug-likeness (QED) is 0.215. The van der Waals surface area contributed by atoms with Crippen LogP contribution in [0.5, 0.6) is 17.2 Å². The van der Waals surface area contributed by atoms with E-state index in [9.17, 15) is 10.2 Å². The molecule has 5 heteroatoms. The van der Waals surface area contributed by atoms with Gasteiger partial charge in [-0.1, -0.05) is 87.5 Å². The lowest BCUT2D eigenvalue weighted by Crippen LogP contribution is -2.23. The van der Waals surface area contributed by atoms with Crippen LogP contribution in [0.15, 0.2) is 67.8 Å². The SMILES string of the molecule is C=CC[Si](C)(C)CCCc1ccc(O)c(OC)c1.C=CC[Si](C)(C)CCCc1ccccc1O. The molecule has 2 N–H and O–H groups in total. The van der Waals surface area contributed by atoms with Crippen LogP contribution in [0, 0.1) is 0 Å². The number of phenolic OH excluding ortho intramolecular Hbond substituents is 2. The van der Waals surface area contributed by atoms with Gasteiger partial charge < -0.3 is 14.9 Å². The molecule has 0 amide bonds. The third kappa shape index (κ3) is 11.8. The van der Waals surface area contributed by atoms with Crippen molar-refractivity contribution in [1.29, 1.82) is 0 Å². The molecule has 34 heavy (non-hydrogen) atoms. The maximum atomic E-state index is 9.64. The number of aromatic hydroxyl groups is 2. The maximum absolute atomic E-state index is 9.64. The molecule has 2 rings (SSSR count). The molecule has 0 saturated heterocycles. The number of hydrogen-bond donors (Lipinski definition) is 2. The van der Waals surface area contributed by atoms with E-state index in [0.29, 0.717) is 11.5 Å². The number of phenols is 2. The van der Waals surface area contributed by atoms with Crippen molar-refractivity contribution in [3.8, 4) is 17.2 Å². The largest absolute Gasteiger partial charge is 0.508 e. The van der Waals surface area contributed by atoms with Crippen LogP contribution in [-0.4, -0.2) is 33.5 Å². The van der Waals surface area contributed by atoms with Gasteiger partial charge in [-0.2, -0.15) is 0 Å². The number of allylic oxidation sites excluding steroid dienone is 2. The van der Waals surface area contributed by atoms with E-state index >= 15 is 0 Å². The monoisotopic (exact) mass is 498 g/mol. The second-order valence-electron chi connectivity index (χ2n) is 10.7. The second kappa shape index (κ2) is 14.9. The molecule has 0 fully saturated rings. The Morgan fingerprint density at radius 1 is 0.794 bits per heavy atom. The molecule has 3 nitrogen and oxygen atoms in total. The average Bonchev–Trinajstić information content (AvgIpc) is 2.76. The predicted molar refractivity (Wildman–Crippen MR) is 154 cm³/mol. The molecule has 0 radical (unpaired) electrons. The van der Waals surface area contributed by atoms with Gasteiger partial charge in [0.1, 0.15) is 5.75 Å². The van der Waals surface area contributed by atoms with Gasteiger partial charge >= 0.3 is 0 Å². The molecule has 0 bridgehead atoms. The third-order valence-corrected chi connectivity index (χ3v) is 12.5. The van der Waals surface area contributed by atoms with Crippen LogP contribution in [0.25, 0.3) is 0 Å². The minimum absolute atomic E-state index is 0.211. The van der Waals surface area contributed by atoms with Crippen molar-refractivity contribution in [2.24, 2.45) is 0 Å². The zero-order valence-corrected chi connectivity index (χ0v) is 24.1. The van der Waals surface area contributed by atoms with Crippen molar-refractivity contribution in [2.45, 2.75) is 76.0 Å². The first-order chi connectivity index (χ1) is 16.0. The zero-order valence-electron chi connectivity index (χ0n) is 22.1. The summed E-state index contributed by atoms with van der Waals surface area (Å²) in [5.74, 6) is 1.21. The second-order valence-corrected chi connectivity index (χ2v) is 21.1. The summed E-state index contributed by atoms with van der Waals surface area (Å²) in [6, 6.07) is 18.2. The standard InChI is InChI=1S/C15H24O2Si.C14H22OSi/c1-5-10-18(3,4)11-6-7-13-8-9-14(16)15(12-13)17-2;1-4-11-16(2,3)12-7-9-13-8-5-6-10-14(13)15/h5,8-9,12,16H,1,6-7,10-11H2,2-4H3;4-6,8,10,15H,1,7,9,11-12H2,2-3H3. The molecule has 0 spiro atoms. The lowest BCUT2D eigenvalue weighted by atomic mass is 10.1. The summed E-state index contributed by atoms with van der Waals surface area (Å²) in [5, 5.41) is 19.2. The highest BCUT2D eigenvalue weighted by Gasteiger charge is 2.18. The summed E-state index contributed by atoms with van der Waals surface area (Å²) in [7, 11) is -0.581. The van der Waals surface area contributed by atoms with Crippen LogP contribution in [0.2, 0.25) is 50.4 Å². The van der Waals surface area contributed by atoms with E-state index in [4.69, 9.17) is 4.74 Å². The van der Waals surface area contributed by atoms with Crippen LogP contribution < -0.4 is 4.74 Å². The molecule has 0 aliphatic heterocycles. The van der Waals surface area contributed by atoms with Gasteiger partial charge in [-0.3, -0.25) is 0 Å². The van der Waals surface area contributed by atoms with Gasteiger partial charge in [0.15, 0.2) is 11.5 Å². The molecular formula is C29H46O3Si2. The fourth-order valence-corrected chi connectivity index (χ4v) is 8.35. The number of hydrogen-bond acceptors (Lipinski definition) is 3. The Morgan fingerprint density at radius 2 is 1.35 bits per heavy atom. The Hall–Kier alpha value is -2.25. The molecule has 0 heterocycles. The summed E-state index contributed by atoms with van der Waals surface area (Å²) < 4.78 is 5.12. The van der Waals surface area contributed by atoms with Crippen LogP contribution in [-0.2, 0) is 12.8 Å². The number of benzene rings is 2. The summed E-state index contributed by atoms with van der Waals surface area (Å²) in [4.78, 5) is 0. The highest BCUT2D eigenvalue weighted by atomic mass is 28.3. The minimum Gasteiger partial charge on any atom is -0.508 e. The number of ether oxygens (including phenoxy) is 1. The van der Waals surface area contributed by atoms with E-state index in [2.05, 4.69) is 45.4 Å². The lowest BCUT2D eigenvalue weighted by Gasteiger charge is -2.20. The van der Waals surface area contributed by atoms with Crippen LogP contribution in [0.3, 0.4) is 0 Å². The summed E-state index contributed by atoms with van der Waals surface area (Å²) in [5.41, 5.74) is 2.30. The van der Waals surface area contributed by atoms with E-state index in [1.54, 1.807) is 19.2 Å². The normalized spacial score (nSPS) is 11.3. The highest BCUT2D eigenvalue weighted by Crippen LogP contribution is 2.28. The predicted octanol–water partition coefficient (Wildman–Crippen LogP) is 8.45. The van der Waals surface area contributed by atoms with Crippen molar-refractivity contribution < 1.29 is 14.9 Å². The molecule has 188 valence electrons. The van der Waals surface area contributed by atoms with Gasteiger partial charge in [0.2, 0.25) is 0 Å². The van der Waals surface area contributed by atoms with Crippen molar-refractivity contribution in [2.75, 3.05) is 7.11 Å². The molecule has 0 unspecified atom stereocenters. The van der Waals surface area contributed by atoms with Crippen molar-refractivity contribution in [3.63, 3.8) is 0 Å². The Balaban J connectivity index is 0.000000342. The van der Waals surface area contributed by atoms with E-state index in [1.165, 1.54) is 42.6 Å². The maximum Gasteiger partial charge on any atom is 0.160 e. The smallest absolute Gasteiger partial charge is 0.160 e. The van der Waals surface area contributed by atoms with Gasteiger partial charge in [0, 0.05) is 0 Å². The molecule has 0 aromatic heterocycles. The third-order valence-electron chi connectivity index (χ3n) is 6.25. The molecule has 0 aliphatic carbocycles. The van der Waals surface area contributed by atoms with Gasteiger partial charge in [-0.15, -0.1) is 13.2 Å². The van der Waals surface area contributed by atoms with Gasteiger partial charge in [-0.25, -0.2) is 0 Å². The van der Waals surface area contributed by atoms with Crippen molar-refractivity contribution >= 4 is 16.1 Å². The summed E-state index contributed by atoms with van der Waals surface area (Å²) >= 11 is 0. The lowest BCUT2D eigenvalue weighted by molar-refractivity contribution is 0.373.